The summed E-state index contributed by atoms with van der Waals surface area (Å²) in [6.45, 7) is 1.99. The number of nitrogens with zero attached hydrogens (tertiary/aromatic N) is 2. The van der Waals surface area contributed by atoms with E-state index in [-0.39, 0.29) is 0 Å². The molecule has 1 fully saturated rings. The zero-order valence-corrected chi connectivity index (χ0v) is 8.27. The van der Waals surface area contributed by atoms with Crippen molar-refractivity contribution in [2.24, 2.45) is 0 Å². The van der Waals surface area contributed by atoms with Crippen LogP contribution in [0.15, 0.2) is 30.5 Å². The molecule has 76 valence electrons. The molecule has 0 unspecified atom stereocenters. The first-order valence-electron chi connectivity index (χ1n) is 5.11. The molecule has 1 aliphatic heterocycles. The Morgan fingerprint density at radius 2 is 2.13 bits per heavy atom. The normalized spacial score (nSPS) is 16.3. The molecule has 0 amide bonds. The molecule has 2 heterocycles. The highest BCUT2D eigenvalue weighted by Crippen LogP contribution is 2.12. The third kappa shape index (κ3) is 1.64. The first kappa shape index (κ1) is 8.61. The van der Waals surface area contributed by atoms with Gasteiger partial charge in [0.1, 0.15) is 0 Å². The van der Waals surface area contributed by atoms with Crippen molar-refractivity contribution in [2.75, 3.05) is 18.4 Å². The van der Waals surface area contributed by atoms with E-state index in [2.05, 4.69) is 20.6 Å². The van der Waals surface area contributed by atoms with Crippen LogP contribution in [0.25, 0.3) is 10.9 Å². The van der Waals surface area contributed by atoms with Crippen molar-refractivity contribution < 1.29 is 0 Å². The maximum Gasteiger partial charge on any atom is 0.223 e. The summed E-state index contributed by atoms with van der Waals surface area (Å²) in [5.41, 5.74) is 0.988. The van der Waals surface area contributed by atoms with Gasteiger partial charge in [-0.25, -0.2) is 9.97 Å². The Morgan fingerprint density at radius 1 is 1.27 bits per heavy atom. The maximum atomic E-state index is 4.45. The molecular formula is C11H12N4. The van der Waals surface area contributed by atoms with E-state index in [0.717, 1.165) is 29.9 Å². The Morgan fingerprint density at radius 3 is 2.93 bits per heavy atom. The smallest absolute Gasteiger partial charge is 0.223 e. The zero-order valence-electron chi connectivity index (χ0n) is 8.27. The standard InChI is InChI=1S/C11H12N4/c1-2-4-10-8(3-1)5-13-11(15-10)14-9-6-12-7-9/h1-5,9,12H,6-7H2,(H,13,14,15). The second kappa shape index (κ2) is 3.47. The number of hydrogen-bond acceptors (Lipinski definition) is 4. The van der Waals surface area contributed by atoms with E-state index < -0.39 is 0 Å². The molecule has 2 aromatic rings. The Hall–Kier alpha value is -1.68. The molecule has 0 bridgehead atoms. The summed E-state index contributed by atoms with van der Waals surface area (Å²) < 4.78 is 0. The first-order chi connectivity index (χ1) is 7.42. The van der Waals surface area contributed by atoms with E-state index in [1.165, 1.54) is 0 Å². The van der Waals surface area contributed by atoms with Crippen LogP contribution in [-0.2, 0) is 0 Å². The van der Waals surface area contributed by atoms with Crippen molar-refractivity contribution in [1.29, 1.82) is 0 Å². The van der Waals surface area contributed by atoms with Gasteiger partial charge in [0, 0.05) is 24.7 Å². The summed E-state index contributed by atoms with van der Waals surface area (Å²) in [5, 5.41) is 7.56. The summed E-state index contributed by atoms with van der Waals surface area (Å²) in [7, 11) is 0. The second-order valence-electron chi connectivity index (χ2n) is 3.75. The zero-order chi connectivity index (χ0) is 10.1. The summed E-state index contributed by atoms with van der Waals surface area (Å²) in [4.78, 5) is 8.73. The van der Waals surface area contributed by atoms with E-state index in [1.54, 1.807) is 0 Å². The average Bonchev–Trinajstić information content (AvgIpc) is 2.23. The molecule has 3 rings (SSSR count). The van der Waals surface area contributed by atoms with Gasteiger partial charge in [-0.2, -0.15) is 0 Å². The van der Waals surface area contributed by atoms with Gasteiger partial charge >= 0.3 is 0 Å². The van der Waals surface area contributed by atoms with Gasteiger partial charge < -0.3 is 10.6 Å². The maximum absolute atomic E-state index is 4.45. The van der Waals surface area contributed by atoms with Gasteiger partial charge in [-0.3, -0.25) is 0 Å². The van der Waals surface area contributed by atoms with Crippen molar-refractivity contribution in [3.63, 3.8) is 0 Å². The second-order valence-corrected chi connectivity index (χ2v) is 3.75. The number of aromatic nitrogens is 2. The number of rotatable bonds is 2. The molecule has 1 aromatic heterocycles. The molecule has 4 nitrogen and oxygen atoms in total. The monoisotopic (exact) mass is 200 g/mol. The van der Waals surface area contributed by atoms with E-state index in [1.807, 2.05) is 30.5 Å². The molecule has 0 saturated carbocycles. The van der Waals surface area contributed by atoms with Crippen molar-refractivity contribution >= 4 is 16.9 Å². The fourth-order valence-electron chi connectivity index (χ4n) is 1.62. The number of benzene rings is 1. The minimum Gasteiger partial charge on any atom is -0.349 e. The van der Waals surface area contributed by atoms with Crippen LogP contribution in [0.3, 0.4) is 0 Å². The third-order valence-electron chi connectivity index (χ3n) is 2.60. The highest BCUT2D eigenvalue weighted by molar-refractivity contribution is 5.78. The van der Waals surface area contributed by atoms with Crippen molar-refractivity contribution in [3.8, 4) is 0 Å². The minimum absolute atomic E-state index is 0.478. The van der Waals surface area contributed by atoms with Gasteiger partial charge in [0.15, 0.2) is 0 Å². The van der Waals surface area contributed by atoms with E-state index in [4.69, 9.17) is 0 Å². The van der Waals surface area contributed by atoms with Gasteiger partial charge in [0.2, 0.25) is 5.95 Å². The van der Waals surface area contributed by atoms with Gasteiger partial charge in [0.25, 0.3) is 0 Å². The number of para-hydroxylation sites is 1. The minimum atomic E-state index is 0.478. The van der Waals surface area contributed by atoms with Crippen LogP contribution in [0, 0.1) is 0 Å². The van der Waals surface area contributed by atoms with Crippen molar-refractivity contribution in [3.05, 3.63) is 30.5 Å². The molecule has 2 N–H and O–H groups in total. The molecule has 1 aliphatic rings. The topological polar surface area (TPSA) is 49.8 Å². The number of nitrogens with one attached hydrogen (secondary N) is 2. The first-order valence-corrected chi connectivity index (χ1v) is 5.11. The van der Waals surface area contributed by atoms with E-state index in [0.29, 0.717) is 6.04 Å². The molecule has 1 saturated heterocycles. The highest BCUT2D eigenvalue weighted by atomic mass is 15.2. The molecule has 0 spiro atoms. The average molecular weight is 200 g/mol. The number of fused-ring (bicyclic) bond motifs is 1. The molecular weight excluding hydrogens is 188 g/mol. The third-order valence-corrected chi connectivity index (χ3v) is 2.60. The molecule has 1 aromatic carbocycles. The molecule has 0 aliphatic carbocycles. The summed E-state index contributed by atoms with van der Waals surface area (Å²) >= 11 is 0. The van der Waals surface area contributed by atoms with Crippen LogP contribution >= 0.6 is 0 Å². The van der Waals surface area contributed by atoms with Gasteiger partial charge in [-0.05, 0) is 6.07 Å². The molecule has 4 heteroatoms. The SMILES string of the molecule is c1ccc2nc(NC3CNC3)ncc2c1. The quantitative estimate of drug-likeness (QED) is 0.759. The Balaban J connectivity index is 1.91. The number of anilines is 1. The van der Waals surface area contributed by atoms with Crippen LogP contribution < -0.4 is 10.6 Å². The lowest BCUT2D eigenvalue weighted by atomic mass is 10.2. The Kier molecular flexibility index (Phi) is 1.99. The summed E-state index contributed by atoms with van der Waals surface area (Å²) in [6, 6.07) is 8.48. The highest BCUT2D eigenvalue weighted by Gasteiger charge is 2.16. The van der Waals surface area contributed by atoms with Gasteiger partial charge in [-0.15, -0.1) is 0 Å². The van der Waals surface area contributed by atoms with Crippen LogP contribution in [0.4, 0.5) is 5.95 Å². The number of hydrogen-bond donors (Lipinski definition) is 2. The Labute approximate surface area is 87.7 Å². The van der Waals surface area contributed by atoms with E-state index in [9.17, 15) is 0 Å². The largest absolute Gasteiger partial charge is 0.349 e. The Bertz CT molecular complexity index is 479. The lowest BCUT2D eigenvalue weighted by molar-refractivity contribution is 0.470. The van der Waals surface area contributed by atoms with Crippen LogP contribution in [0.1, 0.15) is 0 Å². The predicted octanol–water partition coefficient (Wildman–Crippen LogP) is 1.01. The van der Waals surface area contributed by atoms with Crippen LogP contribution in [0.5, 0.6) is 0 Å². The van der Waals surface area contributed by atoms with Crippen LogP contribution in [0.2, 0.25) is 0 Å². The predicted molar refractivity (Wildman–Crippen MR) is 59.8 cm³/mol. The lowest BCUT2D eigenvalue weighted by Gasteiger charge is -2.27. The summed E-state index contributed by atoms with van der Waals surface area (Å²) in [6.07, 6.45) is 1.86. The van der Waals surface area contributed by atoms with Gasteiger partial charge in [-0.1, -0.05) is 18.2 Å². The van der Waals surface area contributed by atoms with Gasteiger partial charge in [0.05, 0.1) is 11.6 Å². The summed E-state index contributed by atoms with van der Waals surface area (Å²) in [5.74, 6) is 0.722. The fourth-order valence-corrected chi connectivity index (χ4v) is 1.62. The van der Waals surface area contributed by atoms with Crippen molar-refractivity contribution in [2.45, 2.75) is 6.04 Å². The molecule has 0 atom stereocenters. The molecule has 15 heavy (non-hydrogen) atoms. The lowest BCUT2D eigenvalue weighted by Crippen LogP contribution is -2.51. The van der Waals surface area contributed by atoms with Crippen molar-refractivity contribution in [1.82, 2.24) is 15.3 Å². The fraction of sp³-hybridized carbons (Fsp3) is 0.273. The van der Waals surface area contributed by atoms with Crippen LogP contribution in [-0.4, -0.2) is 29.1 Å². The molecule has 0 radical (unpaired) electrons. The van der Waals surface area contributed by atoms with E-state index >= 15 is 0 Å².